The summed E-state index contributed by atoms with van der Waals surface area (Å²) in [5, 5.41) is 0. The van der Waals surface area contributed by atoms with Crippen LogP contribution in [-0.4, -0.2) is 13.2 Å². The second-order valence-corrected chi connectivity index (χ2v) is 3.87. The minimum absolute atomic E-state index is 0.376. The van der Waals surface area contributed by atoms with Gasteiger partial charge >= 0.3 is 0 Å². The zero-order valence-electron chi connectivity index (χ0n) is 3.49. The van der Waals surface area contributed by atoms with Crippen molar-refractivity contribution in [2.24, 2.45) is 0 Å². The SMILES string of the molecule is [O-]P1(=S)OCCO1. The van der Waals surface area contributed by atoms with Gasteiger partial charge in [-0.15, -0.1) is 0 Å². The first-order valence-electron chi connectivity index (χ1n) is 1.81. The Morgan fingerprint density at radius 3 is 2.00 bits per heavy atom. The Labute approximate surface area is 46.5 Å². The van der Waals surface area contributed by atoms with Gasteiger partial charge in [0, 0.05) is 0 Å². The summed E-state index contributed by atoms with van der Waals surface area (Å²) < 4.78 is 8.98. The molecule has 0 aliphatic carbocycles. The van der Waals surface area contributed by atoms with Crippen molar-refractivity contribution >= 4 is 18.5 Å². The molecule has 1 aliphatic rings. The predicted molar refractivity (Wildman–Crippen MR) is 26.2 cm³/mol. The van der Waals surface area contributed by atoms with Gasteiger partial charge in [0.2, 0.25) is 0 Å². The molecule has 1 heterocycles. The van der Waals surface area contributed by atoms with E-state index in [-0.39, 0.29) is 0 Å². The molecular formula is C2H4O3PS-. The van der Waals surface area contributed by atoms with Gasteiger partial charge in [-0.3, -0.25) is 0 Å². The Morgan fingerprint density at radius 2 is 1.86 bits per heavy atom. The highest BCUT2D eigenvalue weighted by atomic mass is 32.5. The van der Waals surface area contributed by atoms with Crippen molar-refractivity contribution in [3.8, 4) is 0 Å². The van der Waals surface area contributed by atoms with E-state index < -0.39 is 6.72 Å². The van der Waals surface area contributed by atoms with Crippen LogP contribution in [0.1, 0.15) is 0 Å². The fraction of sp³-hybridized carbons (Fsp3) is 1.00. The van der Waals surface area contributed by atoms with Gasteiger partial charge in [0.05, 0.1) is 13.2 Å². The Hall–Kier alpha value is 0.530. The van der Waals surface area contributed by atoms with Gasteiger partial charge in [0.1, 0.15) is 6.72 Å². The van der Waals surface area contributed by atoms with E-state index in [2.05, 4.69) is 20.9 Å². The molecule has 0 bridgehead atoms. The molecule has 0 aromatic rings. The number of hydrogen-bond acceptors (Lipinski definition) is 4. The van der Waals surface area contributed by atoms with Crippen LogP contribution in [-0.2, 0) is 20.9 Å². The normalized spacial score (nSPS) is 28.1. The van der Waals surface area contributed by atoms with Crippen molar-refractivity contribution in [1.29, 1.82) is 0 Å². The van der Waals surface area contributed by atoms with Gasteiger partial charge in [0.15, 0.2) is 0 Å². The van der Waals surface area contributed by atoms with Crippen LogP contribution in [0.3, 0.4) is 0 Å². The molecule has 0 N–H and O–H groups in total. The van der Waals surface area contributed by atoms with E-state index in [1.165, 1.54) is 0 Å². The molecule has 0 unspecified atom stereocenters. The van der Waals surface area contributed by atoms with Crippen LogP contribution in [0.5, 0.6) is 0 Å². The topological polar surface area (TPSA) is 41.5 Å². The Bertz CT molecular complexity index is 104. The molecule has 0 amide bonds. The molecule has 3 nitrogen and oxygen atoms in total. The third kappa shape index (κ3) is 1.48. The van der Waals surface area contributed by atoms with E-state index in [0.29, 0.717) is 13.2 Å². The molecule has 5 heteroatoms. The maximum absolute atomic E-state index is 10.4. The Kier molecular flexibility index (Phi) is 1.46. The molecule has 1 saturated heterocycles. The summed E-state index contributed by atoms with van der Waals surface area (Å²) in [6, 6.07) is 0. The summed E-state index contributed by atoms with van der Waals surface area (Å²) >= 11 is 4.32. The summed E-state index contributed by atoms with van der Waals surface area (Å²) in [7, 11) is 0. The zero-order chi connectivity index (χ0) is 5.33. The first-order valence-corrected chi connectivity index (χ1v) is 4.36. The summed E-state index contributed by atoms with van der Waals surface area (Å²) in [6.45, 7) is -2.21. The third-order valence-electron chi connectivity index (χ3n) is 0.582. The van der Waals surface area contributed by atoms with Gasteiger partial charge in [-0.05, 0) is 0 Å². The maximum atomic E-state index is 10.4. The summed E-state index contributed by atoms with van der Waals surface area (Å²) in [5.41, 5.74) is 0. The molecule has 0 aromatic heterocycles. The highest BCUT2D eigenvalue weighted by Gasteiger charge is 2.09. The van der Waals surface area contributed by atoms with Gasteiger partial charge in [0.25, 0.3) is 0 Å². The standard InChI is InChI=1S/C2H5O3PS/c3-6(7)4-1-2-5-6/h1-2H2,(H,3,7)/p-1. The van der Waals surface area contributed by atoms with Crippen LogP contribution in [0.25, 0.3) is 0 Å². The van der Waals surface area contributed by atoms with Crippen LogP contribution >= 0.6 is 6.72 Å². The molecule has 42 valence electrons. The van der Waals surface area contributed by atoms with Crippen molar-refractivity contribution in [1.82, 2.24) is 0 Å². The average molecular weight is 139 g/mol. The largest absolute Gasteiger partial charge is 0.780 e. The van der Waals surface area contributed by atoms with Crippen LogP contribution < -0.4 is 4.89 Å². The maximum Gasteiger partial charge on any atom is 0.115 e. The second kappa shape index (κ2) is 1.80. The molecule has 1 fully saturated rings. The minimum Gasteiger partial charge on any atom is -0.780 e. The van der Waals surface area contributed by atoms with Crippen molar-refractivity contribution in [2.45, 2.75) is 0 Å². The molecule has 7 heavy (non-hydrogen) atoms. The van der Waals surface area contributed by atoms with Gasteiger partial charge < -0.3 is 13.9 Å². The first kappa shape index (κ1) is 5.66. The lowest BCUT2D eigenvalue weighted by molar-refractivity contribution is -0.195. The van der Waals surface area contributed by atoms with Gasteiger partial charge in [-0.2, -0.15) is 0 Å². The lowest BCUT2D eigenvalue weighted by Gasteiger charge is -2.16. The quantitative estimate of drug-likeness (QED) is 0.429. The van der Waals surface area contributed by atoms with Crippen molar-refractivity contribution < 1.29 is 13.9 Å². The lowest BCUT2D eigenvalue weighted by Crippen LogP contribution is -1.97. The van der Waals surface area contributed by atoms with E-state index in [0.717, 1.165) is 0 Å². The Balaban J connectivity index is 2.57. The van der Waals surface area contributed by atoms with Crippen molar-refractivity contribution in [2.75, 3.05) is 13.2 Å². The molecule has 0 aromatic carbocycles. The summed E-state index contributed by atoms with van der Waals surface area (Å²) in [4.78, 5) is 10.4. The highest BCUT2D eigenvalue weighted by molar-refractivity contribution is 8.06. The lowest BCUT2D eigenvalue weighted by atomic mass is 10.8. The zero-order valence-corrected chi connectivity index (χ0v) is 5.21. The van der Waals surface area contributed by atoms with Crippen LogP contribution in [0, 0.1) is 0 Å². The third-order valence-corrected chi connectivity index (χ3v) is 2.21. The first-order chi connectivity index (χ1) is 3.21. The number of hydrogen-bond donors (Lipinski definition) is 0. The monoisotopic (exact) mass is 139 g/mol. The average Bonchev–Trinajstić information content (AvgIpc) is 1.84. The van der Waals surface area contributed by atoms with E-state index >= 15 is 0 Å². The van der Waals surface area contributed by atoms with E-state index in [1.807, 2.05) is 0 Å². The van der Waals surface area contributed by atoms with Gasteiger partial charge in [-0.25, -0.2) is 0 Å². The molecule has 1 aliphatic heterocycles. The molecule has 0 spiro atoms. The number of rotatable bonds is 0. The molecular weight excluding hydrogens is 135 g/mol. The molecule has 0 radical (unpaired) electrons. The van der Waals surface area contributed by atoms with Crippen LogP contribution in [0.2, 0.25) is 0 Å². The summed E-state index contributed by atoms with van der Waals surface area (Å²) in [5.74, 6) is 0. The minimum atomic E-state index is -2.96. The van der Waals surface area contributed by atoms with Crippen LogP contribution in [0.15, 0.2) is 0 Å². The van der Waals surface area contributed by atoms with Crippen molar-refractivity contribution in [3.05, 3.63) is 0 Å². The fourth-order valence-electron chi connectivity index (χ4n) is 0.335. The fourth-order valence-corrected chi connectivity index (χ4v) is 1.45. The second-order valence-electron chi connectivity index (χ2n) is 1.11. The molecule has 0 atom stereocenters. The van der Waals surface area contributed by atoms with E-state index in [1.54, 1.807) is 0 Å². The van der Waals surface area contributed by atoms with Crippen LogP contribution in [0.4, 0.5) is 0 Å². The smallest absolute Gasteiger partial charge is 0.115 e. The predicted octanol–water partition coefficient (Wildman–Crippen LogP) is -0.382. The summed E-state index contributed by atoms with van der Waals surface area (Å²) in [6.07, 6.45) is 0. The van der Waals surface area contributed by atoms with Crippen molar-refractivity contribution in [3.63, 3.8) is 0 Å². The highest BCUT2D eigenvalue weighted by Crippen LogP contribution is 2.42. The molecule has 0 saturated carbocycles. The molecule has 1 rings (SSSR count). The Morgan fingerprint density at radius 1 is 1.43 bits per heavy atom. The van der Waals surface area contributed by atoms with E-state index in [4.69, 9.17) is 0 Å². The van der Waals surface area contributed by atoms with E-state index in [9.17, 15) is 4.89 Å². The van der Waals surface area contributed by atoms with Gasteiger partial charge in [-0.1, -0.05) is 11.8 Å².